The van der Waals surface area contributed by atoms with Gasteiger partial charge in [0.05, 0.1) is 0 Å². The molecule has 0 spiro atoms. The van der Waals surface area contributed by atoms with Gasteiger partial charge in [-0.2, -0.15) is 0 Å². The number of fused-ring (bicyclic) bond motifs is 1. The molecule has 2 heterocycles. The molecule has 1 aromatic rings. The summed E-state index contributed by atoms with van der Waals surface area (Å²) in [6, 6.07) is 0.233. The Kier molecular flexibility index (Phi) is 4.79. The van der Waals surface area contributed by atoms with E-state index < -0.39 is 0 Å². The van der Waals surface area contributed by atoms with Crippen molar-refractivity contribution >= 4 is 5.91 Å². The van der Waals surface area contributed by atoms with E-state index in [1.807, 2.05) is 0 Å². The summed E-state index contributed by atoms with van der Waals surface area (Å²) >= 11 is 0. The first kappa shape index (κ1) is 15.5. The van der Waals surface area contributed by atoms with Crippen LogP contribution in [0.15, 0.2) is 0 Å². The predicted molar refractivity (Wildman–Crippen MR) is 85.6 cm³/mol. The van der Waals surface area contributed by atoms with Crippen LogP contribution in [0.2, 0.25) is 0 Å². The number of aryl methyl sites for hydroxylation is 1. The van der Waals surface area contributed by atoms with Crippen molar-refractivity contribution in [2.45, 2.75) is 83.7 Å². The predicted octanol–water partition coefficient (Wildman–Crippen LogP) is 2.80. The van der Waals surface area contributed by atoms with Crippen molar-refractivity contribution in [1.82, 2.24) is 20.1 Å². The van der Waals surface area contributed by atoms with Crippen molar-refractivity contribution in [3.63, 3.8) is 0 Å². The Balaban J connectivity index is 1.55. The van der Waals surface area contributed by atoms with Crippen molar-refractivity contribution in [3.8, 4) is 0 Å². The molecule has 0 radical (unpaired) electrons. The van der Waals surface area contributed by atoms with E-state index >= 15 is 0 Å². The molecule has 1 aliphatic carbocycles. The highest BCUT2D eigenvalue weighted by Gasteiger charge is 2.26. The van der Waals surface area contributed by atoms with E-state index in [2.05, 4.69) is 33.9 Å². The van der Waals surface area contributed by atoms with Gasteiger partial charge in [0.2, 0.25) is 5.91 Å². The maximum absolute atomic E-state index is 12.3. The Hall–Kier alpha value is -1.39. The zero-order chi connectivity index (χ0) is 15.5. The van der Waals surface area contributed by atoms with Crippen molar-refractivity contribution in [2.24, 2.45) is 5.92 Å². The highest BCUT2D eigenvalue weighted by atomic mass is 16.1. The Bertz CT molecular complexity index is 517. The number of nitrogens with one attached hydrogen (secondary N) is 1. The number of amides is 1. The first-order chi connectivity index (χ1) is 10.6. The van der Waals surface area contributed by atoms with Gasteiger partial charge in [0.1, 0.15) is 11.6 Å². The van der Waals surface area contributed by atoms with Crippen LogP contribution >= 0.6 is 0 Å². The van der Waals surface area contributed by atoms with Gasteiger partial charge >= 0.3 is 0 Å². The fourth-order valence-corrected chi connectivity index (χ4v) is 3.83. The molecule has 5 heteroatoms. The van der Waals surface area contributed by atoms with E-state index in [9.17, 15) is 4.79 Å². The largest absolute Gasteiger partial charge is 0.352 e. The molecule has 0 bridgehead atoms. The van der Waals surface area contributed by atoms with Crippen LogP contribution in [-0.2, 0) is 17.8 Å². The topological polar surface area (TPSA) is 59.8 Å². The normalized spacial score (nSPS) is 22.6. The van der Waals surface area contributed by atoms with E-state index in [1.54, 1.807) is 0 Å². The standard InChI is InChI=1S/C17H28N4O/c1-12(2)17-20-19-15-9-8-14(11-21(15)17)18-16(22)10-13-6-4-3-5-7-13/h12-14H,3-11H2,1-2H3,(H,18,22)/t14-/m1/s1. The zero-order valence-electron chi connectivity index (χ0n) is 13.8. The van der Waals surface area contributed by atoms with Crippen LogP contribution in [0, 0.1) is 5.92 Å². The summed E-state index contributed by atoms with van der Waals surface area (Å²) in [5.74, 6) is 3.33. The monoisotopic (exact) mass is 304 g/mol. The van der Waals surface area contributed by atoms with Crippen molar-refractivity contribution < 1.29 is 4.79 Å². The quantitative estimate of drug-likeness (QED) is 0.930. The van der Waals surface area contributed by atoms with Crippen LogP contribution in [0.25, 0.3) is 0 Å². The van der Waals surface area contributed by atoms with Crippen molar-refractivity contribution in [1.29, 1.82) is 0 Å². The smallest absolute Gasteiger partial charge is 0.220 e. The van der Waals surface area contributed by atoms with E-state index in [0.29, 0.717) is 18.3 Å². The number of carbonyl (C=O) groups is 1. The lowest BCUT2D eigenvalue weighted by Gasteiger charge is -2.27. The molecule has 1 atom stereocenters. The Morgan fingerprint density at radius 1 is 1.23 bits per heavy atom. The second kappa shape index (κ2) is 6.80. The Morgan fingerprint density at radius 2 is 2.00 bits per heavy atom. The molecule has 1 saturated carbocycles. The first-order valence-corrected chi connectivity index (χ1v) is 8.85. The molecule has 3 rings (SSSR count). The minimum absolute atomic E-state index is 0.233. The Labute approximate surface area is 132 Å². The van der Waals surface area contributed by atoms with Gasteiger partial charge in [0.25, 0.3) is 0 Å². The van der Waals surface area contributed by atoms with Gasteiger partial charge in [0.15, 0.2) is 0 Å². The summed E-state index contributed by atoms with van der Waals surface area (Å²) < 4.78 is 2.21. The lowest BCUT2D eigenvalue weighted by atomic mass is 9.87. The maximum atomic E-state index is 12.3. The van der Waals surface area contributed by atoms with Gasteiger partial charge < -0.3 is 9.88 Å². The molecule has 5 nitrogen and oxygen atoms in total. The summed E-state index contributed by atoms with van der Waals surface area (Å²) in [4.78, 5) is 12.3. The van der Waals surface area contributed by atoms with Crippen LogP contribution < -0.4 is 5.32 Å². The molecular weight excluding hydrogens is 276 g/mol. The van der Waals surface area contributed by atoms with E-state index in [0.717, 1.165) is 31.0 Å². The summed E-state index contributed by atoms with van der Waals surface area (Å²) in [6.45, 7) is 5.11. The highest BCUT2D eigenvalue weighted by Crippen LogP contribution is 2.26. The van der Waals surface area contributed by atoms with Gasteiger partial charge in [-0.05, 0) is 25.2 Å². The van der Waals surface area contributed by atoms with Gasteiger partial charge in [-0.25, -0.2) is 0 Å². The van der Waals surface area contributed by atoms with E-state index in [4.69, 9.17) is 0 Å². The Morgan fingerprint density at radius 3 is 2.73 bits per heavy atom. The second-order valence-corrected chi connectivity index (χ2v) is 7.25. The molecule has 0 saturated heterocycles. The number of hydrogen-bond acceptors (Lipinski definition) is 3. The van der Waals surface area contributed by atoms with Gasteiger partial charge in [-0.1, -0.05) is 33.1 Å². The molecule has 122 valence electrons. The summed E-state index contributed by atoms with van der Waals surface area (Å²) in [6.07, 6.45) is 8.99. The molecule has 1 amide bonds. The molecule has 22 heavy (non-hydrogen) atoms. The average molecular weight is 304 g/mol. The number of nitrogens with zero attached hydrogens (tertiary/aromatic N) is 3. The van der Waals surface area contributed by atoms with Crippen LogP contribution in [0.3, 0.4) is 0 Å². The van der Waals surface area contributed by atoms with E-state index in [1.165, 1.54) is 32.1 Å². The fourth-order valence-electron chi connectivity index (χ4n) is 3.83. The zero-order valence-corrected chi connectivity index (χ0v) is 13.8. The highest BCUT2D eigenvalue weighted by molar-refractivity contribution is 5.76. The van der Waals surface area contributed by atoms with Gasteiger partial charge in [0, 0.05) is 31.3 Å². The molecule has 1 fully saturated rings. The van der Waals surface area contributed by atoms with Crippen molar-refractivity contribution in [3.05, 3.63) is 11.6 Å². The van der Waals surface area contributed by atoms with E-state index in [-0.39, 0.29) is 11.9 Å². The lowest BCUT2D eigenvalue weighted by Crippen LogP contribution is -2.42. The number of aromatic nitrogens is 3. The molecule has 1 N–H and O–H groups in total. The maximum Gasteiger partial charge on any atom is 0.220 e. The van der Waals surface area contributed by atoms with Crippen LogP contribution in [0.5, 0.6) is 0 Å². The molecule has 0 unspecified atom stereocenters. The minimum Gasteiger partial charge on any atom is -0.352 e. The van der Waals surface area contributed by atoms with Crippen LogP contribution in [0.1, 0.15) is 76.4 Å². The molecular formula is C17H28N4O. The molecule has 1 aromatic heterocycles. The fraction of sp³-hybridized carbons (Fsp3) is 0.824. The number of carbonyl (C=O) groups excluding carboxylic acids is 1. The summed E-state index contributed by atoms with van der Waals surface area (Å²) in [7, 11) is 0. The molecule has 0 aromatic carbocycles. The third-order valence-electron chi connectivity index (χ3n) is 5.06. The lowest BCUT2D eigenvalue weighted by molar-refractivity contribution is -0.123. The SMILES string of the molecule is CC(C)c1nnc2n1C[C@H](NC(=O)CC1CCCCC1)CC2. The first-order valence-electron chi connectivity index (χ1n) is 8.85. The molecule has 1 aliphatic heterocycles. The molecule has 2 aliphatic rings. The summed E-state index contributed by atoms with van der Waals surface area (Å²) in [5, 5.41) is 11.8. The van der Waals surface area contributed by atoms with Crippen LogP contribution in [0.4, 0.5) is 0 Å². The number of rotatable bonds is 4. The minimum atomic E-state index is 0.233. The third kappa shape index (κ3) is 3.50. The average Bonchev–Trinajstić information content (AvgIpc) is 2.91. The summed E-state index contributed by atoms with van der Waals surface area (Å²) in [5.41, 5.74) is 0. The third-order valence-corrected chi connectivity index (χ3v) is 5.06. The second-order valence-electron chi connectivity index (χ2n) is 7.25. The van der Waals surface area contributed by atoms with Crippen LogP contribution in [-0.4, -0.2) is 26.7 Å². The van der Waals surface area contributed by atoms with Crippen molar-refractivity contribution in [2.75, 3.05) is 0 Å². The number of hydrogen-bond donors (Lipinski definition) is 1. The van der Waals surface area contributed by atoms with Gasteiger partial charge in [-0.15, -0.1) is 10.2 Å². The van der Waals surface area contributed by atoms with Gasteiger partial charge in [-0.3, -0.25) is 4.79 Å².